The standard InChI is InChI=1S/C10H13F2NS/c1-6(2)5-14-10-4-7(11)9(13)3-8(10)12/h3-4,6H,5,13H2,1-2H3. The molecule has 0 bridgehead atoms. The van der Waals surface area contributed by atoms with E-state index in [9.17, 15) is 8.78 Å². The second-order valence-electron chi connectivity index (χ2n) is 3.51. The van der Waals surface area contributed by atoms with Crippen molar-refractivity contribution in [1.82, 2.24) is 0 Å². The molecule has 0 saturated carbocycles. The molecule has 0 atom stereocenters. The van der Waals surface area contributed by atoms with Gasteiger partial charge in [0, 0.05) is 16.7 Å². The van der Waals surface area contributed by atoms with Crippen LogP contribution in [0.5, 0.6) is 0 Å². The van der Waals surface area contributed by atoms with E-state index in [0.29, 0.717) is 10.8 Å². The second kappa shape index (κ2) is 4.64. The Balaban J connectivity index is 2.82. The maximum Gasteiger partial charge on any atom is 0.147 e. The van der Waals surface area contributed by atoms with Crippen LogP contribution in [0.4, 0.5) is 14.5 Å². The van der Waals surface area contributed by atoms with Gasteiger partial charge < -0.3 is 5.73 Å². The van der Waals surface area contributed by atoms with E-state index >= 15 is 0 Å². The number of hydrogen-bond donors (Lipinski definition) is 1. The zero-order valence-corrected chi connectivity index (χ0v) is 9.00. The smallest absolute Gasteiger partial charge is 0.147 e. The summed E-state index contributed by atoms with van der Waals surface area (Å²) in [6.07, 6.45) is 0. The first-order chi connectivity index (χ1) is 6.50. The molecule has 0 spiro atoms. The molecule has 1 aromatic rings. The van der Waals surface area contributed by atoms with E-state index in [1.807, 2.05) is 13.8 Å². The average molecular weight is 217 g/mol. The number of thioether (sulfide) groups is 1. The maximum atomic E-state index is 13.2. The minimum absolute atomic E-state index is 0.142. The Morgan fingerprint density at radius 2 is 1.93 bits per heavy atom. The van der Waals surface area contributed by atoms with Crippen molar-refractivity contribution in [3.8, 4) is 0 Å². The summed E-state index contributed by atoms with van der Waals surface area (Å²) in [5, 5.41) is 0. The Labute approximate surface area is 86.7 Å². The molecule has 0 aromatic heterocycles. The van der Waals surface area contributed by atoms with Crippen LogP contribution >= 0.6 is 11.8 Å². The van der Waals surface area contributed by atoms with Crippen molar-refractivity contribution >= 4 is 17.4 Å². The molecule has 2 N–H and O–H groups in total. The van der Waals surface area contributed by atoms with Gasteiger partial charge in [0.2, 0.25) is 0 Å². The summed E-state index contributed by atoms with van der Waals surface area (Å²) in [5.74, 6) is 0.201. The van der Waals surface area contributed by atoms with Crippen LogP contribution in [0.15, 0.2) is 17.0 Å². The van der Waals surface area contributed by atoms with Crippen LogP contribution in [-0.2, 0) is 0 Å². The molecule has 0 heterocycles. The summed E-state index contributed by atoms with van der Waals surface area (Å²) >= 11 is 1.31. The molecule has 0 aliphatic heterocycles. The minimum Gasteiger partial charge on any atom is -0.396 e. The summed E-state index contributed by atoms with van der Waals surface area (Å²) in [6.45, 7) is 4.05. The van der Waals surface area contributed by atoms with Gasteiger partial charge in [-0.05, 0) is 12.0 Å². The van der Waals surface area contributed by atoms with Gasteiger partial charge in [0.15, 0.2) is 0 Å². The molecule has 1 nitrogen and oxygen atoms in total. The van der Waals surface area contributed by atoms with Crippen molar-refractivity contribution in [2.75, 3.05) is 11.5 Å². The molecular weight excluding hydrogens is 204 g/mol. The van der Waals surface area contributed by atoms with E-state index in [-0.39, 0.29) is 5.69 Å². The van der Waals surface area contributed by atoms with Crippen LogP contribution in [-0.4, -0.2) is 5.75 Å². The molecule has 78 valence electrons. The number of nitrogens with two attached hydrogens (primary N) is 1. The van der Waals surface area contributed by atoms with Crippen molar-refractivity contribution in [2.45, 2.75) is 18.7 Å². The third-order valence-electron chi connectivity index (χ3n) is 1.62. The molecular formula is C10H13F2NS. The van der Waals surface area contributed by atoms with Gasteiger partial charge >= 0.3 is 0 Å². The van der Waals surface area contributed by atoms with Gasteiger partial charge in [-0.2, -0.15) is 0 Å². The molecule has 0 amide bonds. The van der Waals surface area contributed by atoms with Gasteiger partial charge in [0.25, 0.3) is 0 Å². The van der Waals surface area contributed by atoms with E-state index in [1.54, 1.807) is 0 Å². The number of nitrogen functional groups attached to an aromatic ring is 1. The monoisotopic (exact) mass is 217 g/mol. The maximum absolute atomic E-state index is 13.2. The first-order valence-corrected chi connectivity index (χ1v) is 5.36. The van der Waals surface area contributed by atoms with Crippen molar-refractivity contribution in [3.05, 3.63) is 23.8 Å². The molecule has 0 saturated heterocycles. The quantitative estimate of drug-likeness (QED) is 0.621. The van der Waals surface area contributed by atoms with Crippen LogP contribution in [0.1, 0.15) is 13.8 Å². The lowest BCUT2D eigenvalue weighted by atomic mass is 10.3. The van der Waals surface area contributed by atoms with Crippen molar-refractivity contribution < 1.29 is 8.78 Å². The van der Waals surface area contributed by atoms with Gasteiger partial charge in [0.1, 0.15) is 11.6 Å². The largest absolute Gasteiger partial charge is 0.396 e. The topological polar surface area (TPSA) is 26.0 Å². The molecule has 0 fully saturated rings. The molecule has 4 heteroatoms. The van der Waals surface area contributed by atoms with Crippen LogP contribution in [0, 0.1) is 17.6 Å². The fraction of sp³-hybridized carbons (Fsp3) is 0.400. The summed E-state index contributed by atoms with van der Waals surface area (Å²) < 4.78 is 26.2. The zero-order chi connectivity index (χ0) is 10.7. The summed E-state index contributed by atoms with van der Waals surface area (Å²) in [4.78, 5) is 0.324. The van der Waals surface area contributed by atoms with Crippen molar-refractivity contribution in [3.63, 3.8) is 0 Å². The number of hydrogen-bond acceptors (Lipinski definition) is 2. The predicted molar refractivity (Wildman–Crippen MR) is 56.3 cm³/mol. The third-order valence-corrected chi connectivity index (χ3v) is 3.08. The first-order valence-electron chi connectivity index (χ1n) is 4.38. The van der Waals surface area contributed by atoms with E-state index in [0.717, 1.165) is 17.9 Å². The van der Waals surface area contributed by atoms with Crippen LogP contribution < -0.4 is 5.73 Å². The average Bonchev–Trinajstić information content (AvgIpc) is 2.09. The Hall–Kier alpha value is -0.770. The lowest BCUT2D eigenvalue weighted by Crippen LogP contribution is -1.96. The van der Waals surface area contributed by atoms with Crippen LogP contribution in [0.3, 0.4) is 0 Å². The number of benzene rings is 1. The van der Waals surface area contributed by atoms with E-state index < -0.39 is 11.6 Å². The Kier molecular flexibility index (Phi) is 3.75. The second-order valence-corrected chi connectivity index (χ2v) is 4.57. The first kappa shape index (κ1) is 11.3. The highest BCUT2D eigenvalue weighted by Gasteiger charge is 2.08. The molecule has 0 aliphatic rings. The van der Waals surface area contributed by atoms with Gasteiger partial charge in [-0.25, -0.2) is 8.78 Å². The van der Waals surface area contributed by atoms with Crippen LogP contribution in [0.25, 0.3) is 0 Å². The SMILES string of the molecule is CC(C)CSc1cc(F)c(N)cc1F. The van der Waals surface area contributed by atoms with Crippen molar-refractivity contribution in [1.29, 1.82) is 0 Å². The van der Waals surface area contributed by atoms with Crippen molar-refractivity contribution in [2.24, 2.45) is 5.92 Å². The van der Waals surface area contributed by atoms with Gasteiger partial charge in [-0.3, -0.25) is 0 Å². The summed E-state index contributed by atoms with van der Waals surface area (Å²) in [7, 11) is 0. The molecule has 1 rings (SSSR count). The Morgan fingerprint density at radius 3 is 2.50 bits per heavy atom. The van der Waals surface area contributed by atoms with Gasteiger partial charge in [0.05, 0.1) is 5.69 Å². The highest BCUT2D eigenvalue weighted by atomic mass is 32.2. The Morgan fingerprint density at radius 1 is 1.29 bits per heavy atom. The van der Waals surface area contributed by atoms with E-state index in [2.05, 4.69) is 0 Å². The molecule has 0 unspecified atom stereocenters. The molecule has 0 aliphatic carbocycles. The summed E-state index contributed by atoms with van der Waals surface area (Å²) in [6, 6.07) is 2.18. The lowest BCUT2D eigenvalue weighted by molar-refractivity contribution is 0.580. The predicted octanol–water partition coefficient (Wildman–Crippen LogP) is 3.30. The fourth-order valence-corrected chi connectivity index (χ4v) is 1.81. The van der Waals surface area contributed by atoms with E-state index in [1.165, 1.54) is 11.8 Å². The Bertz CT molecular complexity index is 326. The third kappa shape index (κ3) is 2.87. The minimum atomic E-state index is -0.558. The number of halogens is 2. The van der Waals surface area contributed by atoms with E-state index in [4.69, 9.17) is 5.73 Å². The molecule has 1 aromatic carbocycles. The van der Waals surface area contributed by atoms with Gasteiger partial charge in [-0.15, -0.1) is 11.8 Å². The normalized spacial score (nSPS) is 10.9. The zero-order valence-electron chi connectivity index (χ0n) is 8.18. The molecule has 14 heavy (non-hydrogen) atoms. The summed E-state index contributed by atoms with van der Waals surface area (Å²) in [5.41, 5.74) is 5.08. The number of anilines is 1. The van der Waals surface area contributed by atoms with Crippen LogP contribution in [0.2, 0.25) is 0 Å². The fourth-order valence-electron chi connectivity index (χ4n) is 0.911. The lowest BCUT2D eigenvalue weighted by Gasteiger charge is -2.06. The highest BCUT2D eigenvalue weighted by molar-refractivity contribution is 7.99. The number of rotatable bonds is 3. The van der Waals surface area contributed by atoms with Gasteiger partial charge in [-0.1, -0.05) is 13.8 Å². The molecule has 0 radical (unpaired) electrons. The highest BCUT2D eigenvalue weighted by Crippen LogP contribution is 2.27.